The van der Waals surface area contributed by atoms with E-state index in [0.29, 0.717) is 5.92 Å². The highest BCUT2D eigenvalue weighted by atomic mass is 32.1. The van der Waals surface area contributed by atoms with Crippen molar-refractivity contribution in [1.82, 2.24) is 15.0 Å². The lowest BCUT2D eigenvalue weighted by molar-refractivity contribution is 0.836. The maximum absolute atomic E-state index is 5.06. The normalized spacial score (nSPS) is 11.9. The van der Waals surface area contributed by atoms with E-state index in [1.165, 1.54) is 20.3 Å². The third-order valence-corrected chi connectivity index (χ3v) is 5.96. The van der Waals surface area contributed by atoms with Crippen molar-refractivity contribution in [1.29, 1.82) is 0 Å². The van der Waals surface area contributed by atoms with Crippen LogP contribution < -0.4 is 0 Å². The molecule has 1 aromatic carbocycles. The predicted octanol–water partition coefficient (Wildman–Crippen LogP) is 6.49. The predicted molar refractivity (Wildman–Crippen MR) is 114 cm³/mol. The van der Waals surface area contributed by atoms with E-state index in [1.54, 1.807) is 11.3 Å². The maximum Gasteiger partial charge on any atom is 0.106 e. The van der Waals surface area contributed by atoms with Crippen LogP contribution in [-0.4, -0.2) is 15.0 Å². The number of benzene rings is 1. The number of nitrogens with zero attached hydrogens (tertiary/aromatic N) is 3. The van der Waals surface area contributed by atoms with Crippen LogP contribution in [0.2, 0.25) is 0 Å². The quantitative estimate of drug-likeness (QED) is 0.357. The average Bonchev–Trinajstić information content (AvgIpc) is 3.08. The summed E-state index contributed by atoms with van der Waals surface area (Å²) in [5.41, 5.74) is 4.90. The molecule has 27 heavy (non-hydrogen) atoms. The zero-order valence-corrected chi connectivity index (χ0v) is 16.3. The summed E-state index contributed by atoms with van der Waals surface area (Å²) in [4.78, 5) is 15.9. The van der Waals surface area contributed by atoms with Gasteiger partial charge in [-0.05, 0) is 42.5 Å². The highest BCUT2D eigenvalue weighted by Crippen LogP contribution is 2.37. The molecule has 0 aliphatic rings. The molecule has 0 saturated carbocycles. The molecule has 0 fully saturated rings. The molecule has 0 amide bonds. The van der Waals surface area contributed by atoms with E-state index in [1.807, 2.05) is 18.3 Å². The Balaban J connectivity index is 1.90. The Kier molecular flexibility index (Phi) is 3.69. The van der Waals surface area contributed by atoms with Crippen molar-refractivity contribution >= 4 is 43.2 Å². The summed E-state index contributed by atoms with van der Waals surface area (Å²) in [6.45, 7) is 6.53. The van der Waals surface area contributed by atoms with Gasteiger partial charge in [0, 0.05) is 21.8 Å². The molecule has 4 aromatic heterocycles. The van der Waals surface area contributed by atoms with Crippen LogP contribution in [0.15, 0.2) is 54.7 Å². The smallest absolute Gasteiger partial charge is 0.106 e. The summed E-state index contributed by atoms with van der Waals surface area (Å²) in [7, 11) is 0. The summed E-state index contributed by atoms with van der Waals surface area (Å²) < 4.78 is 1.19. The molecule has 0 spiro atoms. The summed E-state index contributed by atoms with van der Waals surface area (Å²) in [6, 6.07) is 16.8. The second-order valence-electron chi connectivity index (χ2n) is 7.20. The lowest BCUT2D eigenvalue weighted by Crippen LogP contribution is -1.98. The van der Waals surface area contributed by atoms with Crippen LogP contribution in [0.25, 0.3) is 43.3 Å². The van der Waals surface area contributed by atoms with Crippen LogP contribution in [0.1, 0.15) is 30.3 Å². The number of aryl methyl sites for hydroxylation is 1. The van der Waals surface area contributed by atoms with Crippen LogP contribution in [0.4, 0.5) is 0 Å². The summed E-state index contributed by atoms with van der Waals surface area (Å²) in [6.07, 6.45) is 1.84. The van der Waals surface area contributed by atoms with E-state index in [9.17, 15) is 0 Å². The van der Waals surface area contributed by atoms with Gasteiger partial charge in [0.1, 0.15) is 5.52 Å². The Hall–Kier alpha value is -2.85. The third-order valence-electron chi connectivity index (χ3n) is 4.90. The van der Waals surface area contributed by atoms with Gasteiger partial charge in [-0.1, -0.05) is 38.1 Å². The molecule has 132 valence electrons. The lowest BCUT2D eigenvalue weighted by atomic mass is 10.00. The molecule has 0 saturated heterocycles. The molecule has 4 heteroatoms. The highest BCUT2D eigenvalue weighted by Gasteiger charge is 2.17. The topological polar surface area (TPSA) is 38.7 Å². The van der Waals surface area contributed by atoms with Crippen LogP contribution >= 0.6 is 11.3 Å². The van der Waals surface area contributed by atoms with Gasteiger partial charge in [-0.15, -0.1) is 11.3 Å². The fourth-order valence-corrected chi connectivity index (χ4v) is 4.71. The van der Waals surface area contributed by atoms with Gasteiger partial charge in [-0.25, -0.2) is 4.98 Å². The number of pyridine rings is 3. The highest BCUT2D eigenvalue weighted by molar-refractivity contribution is 7.20. The van der Waals surface area contributed by atoms with Gasteiger partial charge in [0.25, 0.3) is 0 Å². The average molecular weight is 369 g/mol. The number of fused-ring (bicyclic) bond motifs is 4. The number of rotatable bonds is 2. The van der Waals surface area contributed by atoms with Crippen molar-refractivity contribution in [3.8, 4) is 11.4 Å². The van der Waals surface area contributed by atoms with Crippen molar-refractivity contribution in [3.05, 3.63) is 65.3 Å². The third kappa shape index (κ3) is 2.60. The number of hydrogen-bond donors (Lipinski definition) is 0. The summed E-state index contributed by atoms with van der Waals surface area (Å²) in [5, 5.41) is 3.57. The van der Waals surface area contributed by atoms with Crippen molar-refractivity contribution < 1.29 is 0 Å². The first-order valence-corrected chi connectivity index (χ1v) is 9.98. The van der Waals surface area contributed by atoms with Crippen molar-refractivity contribution in [3.63, 3.8) is 0 Å². The van der Waals surface area contributed by atoms with Crippen molar-refractivity contribution in [2.45, 2.75) is 26.7 Å². The van der Waals surface area contributed by atoms with Gasteiger partial charge in [0.2, 0.25) is 0 Å². The maximum atomic E-state index is 5.06. The van der Waals surface area contributed by atoms with E-state index in [2.05, 4.69) is 62.2 Å². The minimum absolute atomic E-state index is 0.344. The molecule has 0 aliphatic heterocycles. The molecule has 5 aromatic rings. The zero-order chi connectivity index (χ0) is 18.5. The van der Waals surface area contributed by atoms with Gasteiger partial charge in [-0.3, -0.25) is 9.97 Å². The largest absolute Gasteiger partial charge is 0.253 e. The molecular weight excluding hydrogens is 350 g/mol. The molecular formula is C23H19N3S. The van der Waals surface area contributed by atoms with E-state index >= 15 is 0 Å². The molecule has 5 rings (SSSR count). The van der Waals surface area contributed by atoms with Gasteiger partial charge < -0.3 is 0 Å². The molecule has 0 bridgehead atoms. The number of hydrogen-bond acceptors (Lipinski definition) is 4. The summed E-state index contributed by atoms with van der Waals surface area (Å²) >= 11 is 1.77. The van der Waals surface area contributed by atoms with Gasteiger partial charge in [-0.2, -0.15) is 0 Å². The second-order valence-corrected chi connectivity index (χ2v) is 8.46. The number of thiophene rings is 1. The fraction of sp³-hybridized carbons (Fsp3) is 0.174. The van der Waals surface area contributed by atoms with Crippen LogP contribution in [0.3, 0.4) is 0 Å². The molecule has 3 nitrogen and oxygen atoms in total. The SMILES string of the molecule is Cc1cc2c(-c3cc4ccccc4c(C(C)C)n3)nc3cccnc3c2s1. The van der Waals surface area contributed by atoms with Crippen LogP contribution in [-0.2, 0) is 0 Å². The van der Waals surface area contributed by atoms with Crippen LogP contribution in [0.5, 0.6) is 0 Å². The van der Waals surface area contributed by atoms with Gasteiger partial charge in [0.05, 0.1) is 27.3 Å². The Morgan fingerprint density at radius 3 is 2.63 bits per heavy atom. The molecule has 0 radical (unpaired) electrons. The van der Waals surface area contributed by atoms with Crippen molar-refractivity contribution in [2.75, 3.05) is 0 Å². The molecule has 0 unspecified atom stereocenters. The Morgan fingerprint density at radius 1 is 0.926 bits per heavy atom. The molecule has 0 aliphatic carbocycles. The Bertz CT molecular complexity index is 1320. The van der Waals surface area contributed by atoms with Gasteiger partial charge in [0.15, 0.2) is 0 Å². The van der Waals surface area contributed by atoms with E-state index in [0.717, 1.165) is 33.5 Å². The minimum Gasteiger partial charge on any atom is -0.253 e. The Morgan fingerprint density at radius 2 is 1.78 bits per heavy atom. The second kappa shape index (κ2) is 6.10. The standard InChI is InChI=1S/C23H19N3S/c1-13(2)20-16-8-5-4-7-15(16)12-19(26-20)21-17-11-14(3)27-23(17)22-18(25-21)9-6-10-24-22/h4-13H,1-3H3. The van der Waals surface area contributed by atoms with E-state index in [4.69, 9.17) is 9.97 Å². The van der Waals surface area contributed by atoms with Crippen LogP contribution in [0, 0.1) is 6.92 Å². The molecule has 4 heterocycles. The monoisotopic (exact) mass is 369 g/mol. The van der Waals surface area contributed by atoms with Crippen molar-refractivity contribution in [2.24, 2.45) is 0 Å². The summed E-state index contributed by atoms with van der Waals surface area (Å²) in [5.74, 6) is 0.344. The first-order valence-electron chi connectivity index (χ1n) is 9.17. The molecule has 0 atom stereocenters. The molecule has 0 N–H and O–H groups in total. The first kappa shape index (κ1) is 16.3. The minimum atomic E-state index is 0.344. The Labute approximate surface area is 161 Å². The fourth-order valence-electron chi connectivity index (χ4n) is 3.69. The van der Waals surface area contributed by atoms with E-state index < -0.39 is 0 Å². The van der Waals surface area contributed by atoms with Gasteiger partial charge >= 0.3 is 0 Å². The van der Waals surface area contributed by atoms with E-state index in [-0.39, 0.29) is 0 Å². The number of aromatic nitrogens is 3. The first-order chi connectivity index (χ1) is 13.1. The zero-order valence-electron chi connectivity index (χ0n) is 15.5. The lowest BCUT2D eigenvalue weighted by Gasteiger charge is -2.13.